The van der Waals surface area contributed by atoms with Crippen molar-refractivity contribution in [2.45, 2.75) is 124 Å². The largest absolute Gasteiger partial charge is 0.493 e. The second-order valence-electron chi connectivity index (χ2n) is 18.4. The maximum absolute atomic E-state index is 14.3. The number of carbonyl (C=O) groups is 3. The highest BCUT2D eigenvalue weighted by molar-refractivity contribution is 14.1. The summed E-state index contributed by atoms with van der Waals surface area (Å²) in [5, 5.41) is 10.9. The Morgan fingerprint density at radius 3 is 1.98 bits per heavy atom. The molecule has 3 aromatic rings. The first-order valence-electron chi connectivity index (χ1n) is 20.8. The molecule has 321 valence electrons. The van der Waals surface area contributed by atoms with Crippen LogP contribution in [-0.4, -0.2) is 87.1 Å². The Labute approximate surface area is 375 Å². The zero-order valence-electron chi connectivity index (χ0n) is 37.0. The molecule has 61 heavy (non-hydrogen) atoms. The average molecular weight is 958 g/mol. The lowest BCUT2D eigenvalue weighted by molar-refractivity contribution is 0.0638. The molecule has 12 nitrogen and oxygen atoms in total. The van der Waals surface area contributed by atoms with Crippen molar-refractivity contribution in [3.05, 3.63) is 97.4 Å². The monoisotopic (exact) mass is 957 g/mol. The van der Waals surface area contributed by atoms with Crippen molar-refractivity contribution in [3.63, 3.8) is 0 Å². The summed E-state index contributed by atoms with van der Waals surface area (Å²) in [6.07, 6.45) is 5.36. The number of ether oxygens (including phenoxy) is 3. The quantitative estimate of drug-likeness (QED) is 0.108. The molecule has 0 aromatic heterocycles. The highest BCUT2D eigenvalue weighted by atomic mass is 127. The first kappa shape index (κ1) is 44.8. The highest BCUT2D eigenvalue weighted by Crippen LogP contribution is 2.45. The Bertz CT molecular complexity index is 2320. The van der Waals surface area contributed by atoms with Crippen LogP contribution in [0.5, 0.6) is 17.2 Å². The van der Waals surface area contributed by atoms with Crippen molar-refractivity contribution in [3.8, 4) is 17.2 Å². The zero-order chi connectivity index (χ0) is 44.3. The van der Waals surface area contributed by atoms with E-state index in [1.165, 1.54) is 7.41 Å². The molecular formula is C45H56B2IN4O8Si. The van der Waals surface area contributed by atoms with Crippen molar-refractivity contribution in [2.75, 3.05) is 16.7 Å². The smallest absolute Gasteiger partial charge is 0.409 e. The van der Waals surface area contributed by atoms with Gasteiger partial charge in [0, 0.05) is 45.5 Å². The van der Waals surface area contributed by atoms with Crippen LogP contribution < -0.4 is 23.8 Å². The van der Waals surface area contributed by atoms with Crippen LogP contribution in [0.3, 0.4) is 0 Å². The van der Waals surface area contributed by atoms with E-state index in [9.17, 15) is 19.4 Å². The van der Waals surface area contributed by atoms with Crippen molar-refractivity contribution in [2.24, 2.45) is 0 Å². The first-order chi connectivity index (χ1) is 28.7. The van der Waals surface area contributed by atoms with Gasteiger partial charge in [-0.05, 0) is 135 Å². The number of halogens is 1. The minimum Gasteiger partial charge on any atom is -0.493 e. The normalized spacial score (nSPS) is 21.1. The van der Waals surface area contributed by atoms with Crippen LogP contribution in [0.4, 0.5) is 11.4 Å². The molecule has 4 atom stereocenters. The Balaban J connectivity index is 1.15. The third-order valence-corrected chi connectivity index (χ3v) is 17.9. The van der Waals surface area contributed by atoms with E-state index < -0.39 is 21.6 Å². The van der Waals surface area contributed by atoms with Crippen molar-refractivity contribution < 1.29 is 38.0 Å². The molecule has 2 amide bonds. The number of nitrogens with zero attached hydrogens (tertiary/aromatic N) is 4. The molecule has 7 rings (SSSR count). The number of fused-ring (bicyclic) bond motifs is 4. The molecule has 1 radical (unpaired) electrons. The average Bonchev–Trinajstić information content (AvgIpc) is 3.75. The summed E-state index contributed by atoms with van der Waals surface area (Å²) < 4.78 is 26.8. The van der Waals surface area contributed by atoms with Crippen molar-refractivity contribution >= 4 is 74.7 Å². The van der Waals surface area contributed by atoms with Gasteiger partial charge in [-0.25, -0.2) is 0 Å². The summed E-state index contributed by atoms with van der Waals surface area (Å²) in [4.78, 5) is 47.8. The Morgan fingerprint density at radius 2 is 1.41 bits per heavy atom. The summed E-state index contributed by atoms with van der Waals surface area (Å²) in [6.45, 7) is 21.0. The predicted molar refractivity (Wildman–Crippen MR) is 251 cm³/mol. The van der Waals surface area contributed by atoms with E-state index in [4.69, 9.17) is 18.6 Å². The van der Waals surface area contributed by atoms with E-state index in [1.54, 1.807) is 35.9 Å². The van der Waals surface area contributed by atoms with Crippen molar-refractivity contribution in [1.29, 1.82) is 0 Å². The molecule has 0 unspecified atom stereocenters. The fourth-order valence-corrected chi connectivity index (χ4v) is 10.7. The Kier molecular flexibility index (Phi) is 12.6. The van der Waals surface area contributed by atoms with Crippen molar-refractivity contribution in [1.82, 2.24) is 9.80 Å². The van der Waals surface area contributed by atoms with Crippen LogP contribution >= 0.6 is 22.6 Å². The van der Waals surface area contributed by atoms with Crippen LogP contribution in [0.15, 0.2) is 66.0 Å². The topological polar surface area (TPSA) is 121 Å². The van der Waals surface area contributed by atoms with Crippen LogP contribution in [0.25, 0.3) is 0 Å². The SMILES string of the molecule is COc1cc2c(cc1OCc1cc(I)cc(COc3cc4c(cc3C)C(=O)N3C=C(C)C[C@H]3[C@H](O[Si](C)(C)C(C)(C)C)N4[B]C=O)c1)N(B(C)O)[C@@H](C)[C@@H]1CC(C)=CN1C2=O. The molecular weight excluding hydrogens is 901 g/mol. The number of hydrogen-bond donors (Lipinski definition) is 1. The van der Waals surface area contributed by atoms with Gasteiger partial charge in [-0.15, -0.1) is 0 Å². The number of methoxy groups -OCH3 is 1. The number of carbonyl (C=O) groups excluding carboxylic acids is 3. The number of aryl methyl sites for hydroxylation is 1. The van der Waals surface area contributed by atoms with Crippen LogP contribution in [0, 0.1) is 10.5 Å². The van der Waals surface area contributed by atoms with Gasteiger partial charge in [0.1, 0.15) is 31.4 Å². The van der Waals surface area contributed by atoms with Crippen LogP contribution in [-0.2, 0) is 22.4 Å². The second-order valence-corrected chi connectivity index (χ2v) is 24.4. The molecule has 0 saturated carbocycles. The van der Waals surface area contributed by atoms with Gasteiger partial charge in [-0.1, -0.05) is 31.9 Å². The molecule has 0 spiro atoms. The number of amides is 2. The van der Waals surface area contributed by atoms with Gasteiger partial charge < -0.3 is 47.9 Å². The fraction of sp³-hybridized carbons (Fsp3) is 0.444. The fourth-order valence-electron chi connectivity index (χ4n) is 8.71. The van der Waals surface area contributed by atoms with E-state index in [-0.39, 0.29) is 48.2 Å². The molecule has 3 aromatic carbocycles. The lowest BCUT2D eigenvalue weighted by Crippen LogP contribution is -2.57. The highest BCUT2D eigenvalue weighted by Gasteiger charge is 2.48. The van der Waals surface area contributed by atoms with Gasteiger partial charge in [-0.2, -0.15) is 0 Å². The molecule has 0 fully saturated rings. The molecule has 0 bridgehead atoms. The summed E-state index contributed by atoms with van der Waals surface area (Å²) in [7, 11) is -0.211. The lowest BCUT2D eigenvalue weighted by atomic mass is 9.80. The van der Waals surface area contributed by atoms with Gasteiger partial charge in [0.25, 0.3) is 11.8 Å². The van der Waals surface area contributed by atoms with E-state index in [1.807, 2.05) is 80.0 Å². The number of benzene rings is 3. The van der Waals surface area contributed by atoms with Gasteiger partial charge in [0.15, 0.2) is 19.8 Å². The molecule has 16 heteroatoms. The lowest BCUT2D eigenvalue weighted by Gasteiger charge is -2.45. The van der Waals surface area contributed by atoms with E-state index in [0.717, 1.165) is 44.0 Å². The molecule has 0 saturated heterocycles. The summed E-state index contributed by atoms with van der Waals surface area (Å²) in [6, 6.07) is 12.7. The number of hydrogen-bond acceptors (Lipinski definition) is 10. The van der Waals surface area contributed by atoms with Gasteiger partial charge in [0.05, 0.1) is 30.3 Å². The van der Waals surface area contributed by atoms with E-state index in [2.05, 4.69) is 56.5 Å². The summed E-state index contributed by atoms with van der Waals surface area (Å²) in [5.74, 6) is 1.17. The summed E-state index contributed by atoms with van der Waals surface area (Å²) >= 11 is 2.28. The Morgan fingerprint density at radius 1 is 0.852 bits per heavy atom. The van der Waals surface area contributed by atoms with Crippen LogP contribution in [0.1, 0.15) is 91.8 Å². The van der Waals surface area contributed by atoms with Gasteiger partial charge >= 0.3 is 14.5 Å². The molecule has 4 aliphatic heterocycles. The van der Waals surface area contributed by atoms with Gasteiger partial charge in [0.2, 0.25) is 0 Å². The predicted octanol–water partition coefficient (Wildman–Crippen LogP) is 8.30. The van der Waals surface area contributed by atoms with Gasteiger partial charge in [-0.3, -0.25) is 9.59 Å². The number of rotatable bonds is 12. The van der Waals surface area contributed by atoms with E-state index >= 15 is 0 Å². The minimum absolute atomic E-state index is 0.108. The van der Waals surface area contributed by atoms with E-state index in [0.29, 0.717) is 46.2 Å². The third-order valence-electron chi connectivity index (χ3n) is 12.8. The first-order valence-corrected chi connectivity index (χ1v) is 24.8. The number of anilines is 2. The second kappa shape index (κ2) is 17.1. The molecule has 4 aliphatic rings. The maximum Gasteiger partial charge on any atom is 0.409 e. The molecule has 4 heterocycles. The summed E-state index contributed by atoms with van der Waals surface area (Å²) in [5.41, 5.74) is 6.85. The molecule has 1 N–H and O–H groups in total. The maximum atomic E-state index is 14.3. The minimum atomic E-state index is -2.39. The third kappa shape index (κ3) is 8.61. The van der Waals surface area contributed by atoms with Crippen LogP contribution in [0.2, 0.25) is 25.0 Å². The Hall–Kier alpha value is -4.25. The standard InChI is InChI=1S/C45H56B2IN4O8Si/c1-26-12-35-29(4)52(47(8)56)37-20-41(40(57-9)18-34(37)43(55)49(35)21-26)59-24-31-15-30(16-32(48)17-31)23-58-39-19-36-33(14-28(39)3)42(54)50-22-27(2)13-38(50)44(51(36)46-25-53)60-61(10,11)45(5,6)7/h14-22,25,29,35,38,44,56H,12-13,23-24H2,1-11H3/t29-,35-,38-,44-/m0/s1. The zero-order valence-corrected chi connectivity index (χ0v) is 40.2. The molecule has 0 aliphatic carbocycles.